The minimum Gasteiger partial charge on any atom is -0.507 e. The average Bonchev–Trinajstić information content (AvgIpc) is 3.42. The number of nitrogens with one attached hydrogen (secondary N) is 1. The number of halogens is 1. The molecule has 0 bridgehead atoms. The van der Waals surface area contributed by atoms with Crippen LogP contribution in [-0.4, -0.2) is 39.8 Å². The number of para-hydroxylation sites is 1. The molecule has 1 fully saturated rings. The number of hydrogen-bond donors (Lipinski definition) is 2. The van der Waals surface area contributed by atoms with Gasteiger partial charge in [0.25, 0.3) is 11.7 Å². The van der Waals surface area contributed by atoms with Crippen LogP contribution in [0.5, 0.6) is 5.75 Å². The van der Waals surface area contributed by atoms with E-state index in [1.54, 1.807) is 24.3 Å². The second-order valence-corrected chi connectivity index (χ2v) is 8.61. The number of ether oxygens (including phenoxy) is 1. The molecule has 1 unspecified atom stereocenters. The van der Waals surface area contributed by atoms with E-state index >= 15 is 0 Å². The molecule has 182 valence electrons. The van der Waals surface area contributed by atoms with Gasteiger partial charge in [0.1, 0.15) is 17.3 Å². The first kappa shape index (κ1) is 23.4. The Bertz CT molecular complexity index is 1450. The van der Waals surface area contributed by atoms with Crippen LogP contribution in [0.2, 0.25) is 0 Å². The fourth-order valence-electron chi connectivity index (χ4n) is 4.71. The van der Waals surface area contributed by atoms with Crippen LogP contribution in [0, 0.1) is 5.82 Å². The van der Waals surface area contributed by atoms with Gasteiger partial charge in [-0.1, -0.05) is 30.3 Å². The zero-order valence-corrected chi connectivity index (χ0v) is 19.7. The van der Waals surface area contributed by atoms with E-state index < -0.39 is 23.5 Å². The van der Waals surface area contributed by atoms with Gasteiger partial charge in [0, 0.05) is 29.2 Å². The van der Waals surface area contributed by atoms with Gasteiger partial charge in [0.05, 0.1) is 18.2 Å². The van der Waals surface area contributed by atoms with E-state index in [9.17, 15) is 19.1 Å². The second kappa shape index (κ2) is 9.70. The molecule has 4 aromatic rings. The van der Waals surface area contributed by atoms with Crippen molar-refractivity contribution < 1.29 is 23.8 Å². The van der Waals surface area contributed by atoms with Gasteiger partial charge in [-0.3, -0.25) is 9.59 Å². The number of benzene rings is 3. The lowest BCUT2D eigenvalue weighted by atomic mass is 9.95. The molecule has 1 aromatic heterocycles. The summed E-state index contributed by atoms with van der Waals surface area (Å²) in [6.07, 6.45) is 2.39. The van der Waals surface area contributed by atoms with Crippen LogP contribution < -0.4 is 4.74 Å². The van der Waals surface area contributed by atoms with Gasteiger partial charge in [-0.25, -0.2) is 4.39 Å². The van der Waals surface area contributed by atoms with Gasteiger partial charge < -0.3 is 19.7 Å². The lowest BCUT2D eigenvalue weighted by molar-refractivity contribution is -0.139. The van der Waals surface area contributed by atoms with Crippen molar-refractivity contribution in [3.05, 3.63) is 107 Å². The molecule has 5 rings (SSSR count). The van der Waals surface area contributed by atoms with Crippen molar-refractivity contribution in [2.45, 2.75) is 19.4 Å². The highest BCUT2D eigenvalue weighted by Crippen LogP contribution is 2.39. The predicted octanol–water partition coefficient (Wildman–Crippen LogP) is 5.37. The minimum atomic E-state index is -0.845. The average molecular weight is 485 g/mol. The summed E-state index contributed by atoms with van der Waals surface area (Å²) in [7, 11) is 0. The summed E-state index contributed by atoms with van der Waals surface area (Å²) in [6.45, 7) is 2.61. The maximum Gasteiger partial charge on any atom is 0.295 e. The lowest BCUT2D eigenvalue weighted by Crippen LogP contribution is -2.31. The Morgan fingerprint density at radius 1 is 1.03 bits per heavy atom. The molecule has 1 aliphatic rings. The first-order chi connectivity index (χ1) is 17.5. The molecule has 1 amide bonds. The van der Waals surface area contributed by atoms with E-state index in [1.807, 2.05) is 37.4 Å². The third-order valence-corrected chi connectivity index (χ3v) is 6.46. The number of rotatable bonds is 7. The fourth-order valence-corrected chi connectivity index (χ4v) is 4.71. The Labute approximate surface area is 207 Å². The van der Waals surface area contributed by atoms with Crippen LogP contribution in [0.1, 0.15) is 29.7 Å². The number of aliphatic hydroxyl groups excluding tert-OH is 1. The number of H-pyrrole nitrogens is 1. The number of likely N-dealkylation sites (tertiary alicyclic amines) is 1. The molecular formula is C29H25FN2O4. The van der Waals surface area contributed by atoms with Crippen molar-refractivity contribution >= 4 is 28.4 Å². The summed E-state index contributed by atoms with van der Waals surface area (Å²) < 4.78 is 19.2. The van der Waals surface area contributed by atoms with Crippen molar-refractivity contribution in [1.29, 1.82) is 0 Å². The van der Waals surface area contributed by atoms with Crippen molar-refractivity contribution in [1.82, 2.24) is 9.88 Å². The molecule has 0 spiro atoms. The largest absolute Gasteiger partial charge is 0.507 e. The number of fused-ring (bicyclic) bond motifs is 1. The highest BCUT2D eigenvalue weighted by Gasteiger charge is 2.45. The molecule has 1 saturated heterocycles. The van der Waals surface area contributed by atoms with E-state index in [0.29, 0.717) is 29.9 Å². The number of aliphatic hydroxyl groups is 1. The SMILES string of the molecule is CCOc1ccc(/C(O)=C2\C(=O)C(=O)N(CCc3c[nH]c4ccccc34)C2c2ccc(F)cc2)cc1. The standard InChI is InChI=1S/C29H25FN2O4/c1-2-36-22-13-9-19(10-14-22)27(33)25-26(18-7-11-21(30)12-8-18)32(29(35)28(25)34)16-15-20-17-31-24-6-4-3-5-23(20)24/h3-14,17,26,31,33H,2,15-16H2,1H3/b27-25+. The number of aromatic amines is 1. The molecule has 36 heavy (non-hydrogen) atoms. The normalized spacial score (nSPS) is 17.2. The monoisotopic (exact) mass is 484 g/mol. The molecule has 2 N–H and O–H groups in total. The molecular weight excluding hydrogens is 459 g/mol. The number of ketones is 1. The molecule has 0 aliphatic carbocycles. The van der Waals surface area contributed by atoms with Gasteiger partial charge >= 0.3 is 0 Å². The van der Waals surface area contributed by atoms with E-state index in [4.69, 9.17) is 4.74 Å². The van der Waals surface area contributed by atoms with E-state index in [2.05, 4.69) is 4.98 Å². The first-order valence-electron chi connectivity index (χ1n) is 11.8. The Morgan fingerprint density at radius 3 is 2.47 bits per heavy atom. The third-order valence-electron chi connectivity index (χ3n) is 6.46. The lowest BCUT2D eigenvalue weighted by Gasteiger charge is -2.25. The van der Waals surface area contributed by atoms with E-state index in [0.717, 1.165) is 16.5 Å². The summed E-state index contributed by atoms with van der Waals surface area (Å²) >= 11 is 0. The molecule has 6 nitrogen and oxygen atoms in total. The van der Waals surface area contributed by atoms with Crippen LogP contribution in [0.3, 0.4) is 0 Å². The number of nitrogens with zero attached hydrogens (tertiary/aromatic N) is 1. The summed E-state index contributed by atoms with van der Waals surface area (Å²) in [5.41, 5.74) is 2.91. The van der Waals surface area contributed by atoms with Crippen LogP contribution in [0.4, 0.5) is 4.39 Å². The number of carbonyl (C=O) groups excluding carboxylic acids is 2. The number of aromatic nitrogens is 1. The Hall–Kier alpha value is -4.39. The van der Waals surface area contributed by atoms with Crippen molar-refractivity contribution in [2.75, 3.05) is 13.2 Å². The van der Waals surface area contributed by atoms with Crippen molar-refractivity contribution in [3.63, 3.8) is 0 Å². The summed E-state index contributed by atoms with van der Waals surface area (Å²) in [4.78, 5) is 31.1. The molecule has 3 aromatic carbocycles. The first-order valence-corrected chi connectivity index (χ1v) is 11.8. The number of amides is 1. The topological polar surface area (TPSA) is 82.6 Å². The van der Waals surface area contributed by atoms with Gasteiger partial charge in [0.15, 0.2) is 0 Å². The highest BCUT2D eigenvalue weighted by atomic mass is 19.1. The quantitative estimate of drug-likeness (QED) is 0.210. The Morgan fingerprint density at radius 2 is 1.75 bits per heavy atom. The van der Waals surface area contributed by atoms with E-state index in [-0.39, 0.29) is 17.9 Å². The van der Waals surface area contributed by atoms with Crippen LogP contribution in [-0.2, 0) is 16.0 Å². The van der Waals surface area contributed by atoms with Crippen LogP contribution >= 0.6 is 0 Å². The van der Waals surface area contributed by atoms with Crippen LogP contribution in [0.25, 0.3) is 16.7 Å². The van der Waals surface area contributed by atoms with Gasteiger partial charge in [-0.05, 0) is 66.9 Å². The van der Waals surface area contributed by atoms with E-state index in [1.165, 1.54) is 29.2 Å². The molecule has 7 heteroatoms. The molecule has 1 atom stereocenters. The summed E-state index contributed by atoms with van der Waals surface area (Å²) in [5, 5.41) is 12.2. The Balaban J connectivity index is 1.54. The zero-order valence-electron chi connectivity index (χ0n) is 19.7. The van der Waals surface area contributed by atoms with Gasteiger partial charge in [0.2, 0.25) is 0 Å². The molecule has 0 radical (unpaired) electrons. The highest BCUT2D eigenvalue weighted by molar-refractivity contribution is 6.46. The Kier molecular flexibility index (Phi) is 6.29. The fraction of sp³-hybridized carbons (Fsp3) is 0.172. The zero-order chi connectivity index (χ0) is 25.2. The molecule has 2 heterocycles. The number of hydrogen-bond acceptors (Lipinski definition) is 4. The minimum absolute atomic E-state index is 0.0188. The number of Topliss-reactive ketones (excluding diaryl/α,β-unsaturated/α-hetero) is 1. The predicted molar refractivity (Wildman–Crippen MR) is 135 cm³/mol. The number of carbonyl (C=O) groups is 2. The van der Waals surface area contributed by atoms with Gasteiger partial charge in [-0.15, -0.1) is 0 Å². The smallest absolute Gasteiger partial charge is 0.295 e. The second-order valence-electron chi connectivity index (χ2n) is 8.61. The van der Waals surface area contributed by atoms with Crippen molar-refractivity contribution in [3.8, 4) is 5.75 Å². The maximum absolute atomic E-state index is 13.7. The summed E-state index contributed by atoms with van der Waals surface area (Å²) in [5.74, 6) is -1.55. The summed E-state index contributed by atoms with van der Waals surface area (Å²) in [6, 6.07) is 19.3. The maximum atomic E-state index is 13.7. The van der Waals surface area contributed by atoms with Gasteiger partial charge in [-0.2, -0.15) is 0 Å². The third kappa shape index (κ3) is 4.24. The van der Waals surface area contributed by atoms with Crippen molar-refractivity contribution in [2.24, 2.45) is 0 Å². The van der Waals surface area contributed by atoms with Crippen LogP contribution in [0.15, 0.2) is 84.6 Å². The molecule has 1 aliphatic heterocycles. The molecule has 0 saturated carbocycles.